The van der Waals surface area contributed by atoms with E-state index in [0.29, 0.717) is 12.8 Å². The summed E-state index contributed by atoms with van der Waals surface area (Å²) in [5.74, 6) is -0.703. The van der Waals surface area contributed by atoms with Crippen LogP contribution in [0.1, 0.15) is 168 Å². The first kappa shape index (κ1) is 47.1. The van der Waals surface area contributed by atoms with Crippen molar-refractivity contribution in [2.45, 2.75) is 174 Å². The number of allylic oxidation sites excluding steroid dienone is 14. The van der Waals surface area contributed by atoms with Crippen molar-refractivity contribution in [1.29, 1.82) is 0 Å². The highest BCUT2D eigenvalue weighted by Gasteiger charge is 2.15. The number of esters is 2. The number of hydrogen-bond donors (Lipinski definition) is 1. The van der Waals surface area contributed by atoms with Crippen molar-refractivity contribution >= 4 is 11.9 Å². The van der Waals surface area contributed by atoms with Crippen molar-refractivity contribution in [3.63, 3.8) is 0 Å². The minimum Gasteiger partial charge on any atom is -0.462 e. The molecule has 0 aromatic heterocycles. The zero-order valence-electron chi connectivity index (χ0n) is 32.1. The summed E-state index contributed by atoms with van der Waals surface area (Å²) in [4.78, 5) is 24.2. The van der Waals surface area contributed by atoms with Gasteiger partial charge in [0.1, 0.15) is 6.61 Å². The standard InChI is InChI=1S/C45H74O5/c1-3-5-7-9-11-13-15-17-19-21-22-24-26-28-30-32-34-36-38-40-45(48)50-43(41-46)42-49-44(47)39-37-35-33-31-29-27-25-23-20-18-16-14-12-10-8-6-4-2/h11-14,17-20,22,24,28,30,34,36,43,46H,3-10,15-16,21,23,25-27,29,31-33,35,37-42H2,1-2H3. The summed E-state index contributed by atoms with van der Waals surface area (Å²) in [5.41, 5.74) is 0. The molecule has 0 saturated carbocycles. The lowest BCUT2D eigenvalue weighted by atomic mass is 10.1. The Kier molecular flexibility index (Phi) is 38.1. The lowest BCUT2D eigenvalue weighted by molar-refractivity contribution is -0.161. The summed E-state index contributed by atoms with van der Waals surface area (Å²) in [6, 6.07) is 0. The molecule has 5 nitrogen and oxygen atoms in total. The molecule has 284 valence electrons. The Bertz CT molecular complexity index is 968. The maximum atomic E-state index is 12.1. The van der Waals surface area contributed by atoms with Crippen LogP contribution in [0.5, 0.6) is 0 Å². The monoisotopic (exact) mass is 695 g/mol. The average molecular weight is 695 g/mol. The number of rotatable bonds is 35. The van der Waals surface area contributed by atoms with E-state index in [1.54, 1.807) is 0 Å². The van der Waals surface area contributed by atoms with Gasteiger partial charge < -0.3 is 14.6 Å². The molecule has 1 N–H and O–H groups in total. The van der Waals surface area contributed by atoms with Gasteiger partial charge in [-0.25, -0.2) is 0 Å². The summed E-state index contributed by atoms with van der Waals surface area (Å²) in [5, 5.41) is 9.55. The van der Waals surface area contributed by atoms with Gasteiger partial charge in [-0.15, -0.1) is 0 Å². The Morgan fingerprint density at radius 3 is 1.28 bits per heavy atom. The first-order chi connectivity index (χ1) is 24.6. The normalized spacial score (nSPS) is 13.1. The second-order valence-electron chi connectivity index (χ2n) is 13.0. The van der Waals surface area contributed by atoms with Gasteiger partial charge in [0.05, 0.1) is 6.61 Å². The van der Waals surface area contributed by atoms with Crippen molar-refractivity contribution in [2.24, 2.45) is 0 Å². The lowest BCUT2D eigenvalue weighted by Crippen LogP contribution is -2.28. The molecule has 1 unspecified atom stereocenters. The fraction of sp³-hybridized carbons (Fsp3) is 0.644. The molecule has 0 amide bonds. The largest absolute Gasteiger partial charge is 0.462 e. The van der Waals surface area contributed by atoms with Crippen molar-refractivity contribution < 1.29 is 24.2 Å². The molecule has 0 radical (unpaired) electrons. The van der Waals surface area contributed by atoms with Gasteiger partial charge in [0.2, 0.25) is 0 Å². The summed E-state index contributed by atoms with van der Waals surface area (Å²) >= 11 is 0. The Morgan fingerprint density at radius 2 is 0.840 bits per heavy atom. The highest BCUT2D eigenvalue weighted by atomic mass is 16.6. The number of unbranched alkanes of at least 4 members (excludes halogenated alkanes) is 13. The van der Waals surface area contributed by atoms with E-state index in [-0.39, 0.29) is 25.6 Å². The molecule has 0 rings (SSSR count). The van der Waals surface area contributed by atoms with Crippen LogP contribution in [0, 0.1) is 0 Å². The lowest BCUT2D eigenvalue weighted by Gasteiger charge is -2.15. The molecule has 0 aliphatic rings. The minimum atomic E-state index is -0.819. The van der Waals surface area contributed by atoms with Gasteiger partial charge in [-0.2, -0.15) is 0 Å². The second kappa shape index (κ2) is 40.5. The summed E-state index contributed by atoms with van der Waals surface area (Å²) in [7, 11) is 0. The number of hydrogen-bond acceptors (Lipinski definition) is 5. The van der Waals surface area contributed by atoms with Gasteiger partial charge in [0.15, 0.2) is 6.10 Å². The fourth-order valence-corrected chi connectivity index (χ4v) is 5.09. The van der Waals surface area contributed by atoms with Crippen LogP contribution in [0.3, 0.4) is 0 Å². The van der Waals surface area contributed by atoms with Crippen molar-refractivity contribution in [3.8, 4) is 0 Å². The Hall–Kier alpha value is -2.92. The third-order valence-electron chi connectivity index (χ3n) is 8.17. The first-order valence-corrected chi connectivity index (χ1v) is 20.1. The van der Waals surface area contributed by atoms with Crippen LogP contribution in [-0.2, 0) is 19.1 Å². The fourth-order valence-electron chi connectivity index (χ4n) is 5.09. The van der Waals surface area contributed by atoms with E-state index in [1.165, 1.54) is 77.0 Å². The van der Waals surface area contributed by atoms with Gasteiger partial charge in [0, 0.05) is 12.8 Å². The molecule has 0 aromatic carbocycles. The summed E-state index contributed by atoms with van der Waals surface area (Å²) < 4.78 is 10.5. The van der Waals surface area contributed by atoms with E-state index in [9.17, 15) is 14.7 Å². The number of carbonyl (C=O) groups excluding carboxylic acids is 2. The van der Waals surface area contributed by atoms with Gasteiger partial charge >= 0.3 is 11.9 Å². The quantitative estimate of drug-likeness (QED) is 0.0406. The molecular formula is C45H74O5. The summed E-state index contributed by atoms with van der Waals surface area (Å²) in [6.07, 6.45) is 55.0. The van der Waals surface area contributed by atoms with E-state index in [0.717, 1.165) is 57.8 Å². The van der Waals surface area contributed by atoms with E-state index in [1.807, 2.05) is 12.2 Å². The Labute approximate surface area is 307 Å². The van der Waals surface area contributed by atoms with E-state index < -0.39 is 12.1 Å². The van der Waals surface area contributed by atoms with E-state index in [2.05, 4.69) is 86.8 Å². The van der Waals surface area contributed by atoms with Gasteiger partial charge in [-0.3, -0.25) is 9.59 Å². The molecule has 0 bridgehead atoms. The Morgan fingerprint density at radius 1 is 0.460 bits per heavy atom. The maximum absolute atomic E-state index is 12.1. The van der Waals surface area contributed by atoms with Gasteiger partial charge in [-0.05, 0) is 83.5 Å². The first-order valence-electron chi connectivity index (χ1n) is 20.1. The predicted octanol–water partition coefficient (Wildman–Crippen LogP) is 12.7. The zero-order chi connectivity index (χ0) is 36.4. The molecular weight excluding hydrogens is 620 g/mol. The number of carbonyl (C=O) groups is 2. The number of ether oxygens (including phenoxy) is 2. The predicted molar refractivity (Wildman–Crippen MR) is 214 cm³/mol. The zero-order valence-corrected chi connectivity index (χ0v) is 32.1. The van der Waals surface area contributed by atoms with Crippen molar-refractivity contribution in [1.82, 2.24) is 0 Å². The van der Waals surface area contributed by atoms with Crippen LogP contribution in [0.25, 0.3) is 0 Å². The maximum Gasteiger partial charge on any atom is 0.306 e. The molecule has 0 aliphatic heterocycles. The third kappa shape index (κ3) is 37.9. The van der Waals surface area contributed by atoms with Crippen molar-refractivity contribution in [3.05, 3.63) is 85.1 Å². The Balaban J connectivity index is 3.72. The van der Waals surface area contributed by atoms with E-state index >= 15 is 0 Å². The molecule has 0 spiro atoms. The smallest absolute Gasteiger partial charge is 0.306 e. The highest BCUT2D eigenvalue weighted by Crippen LogP contribution is 2.11. The third-order valence-corrected chi connectivity index (χ3v) is 8.17. The van der Waals surface area contributed by atoms with Crippen LogP contribution in [-0.4, -0.2) is 36.4 Å². The van der Waals surface area contributed by atoms with Crippen LogP contribution in [0.2, 0.25) is 0 Å². The molecule has 0 heterocycles. The van der Waals surface area contributed by atoms with Crippen LogP contribution in [0.15, 0.2) is 85.1 Å². The van der Waals surface area contributed by atoms with Gasteiger partial charge in [-0.1, -0.05) is 157 Å². The van der Waals surface area contributed by atoms with Crippen molar-refractivity contribution in [2.75, 3.05) is 13.2 Å². The molecule has 0 saturated heterocycles. The highest BCUT2D eigenvalue weighted by molar-refractivity contribution is 5.70. The second-order valence-corrected chi connectivity index (χ2v) is 13.0. The molecule has 0 aliphatic carbocycles. The minimum absolute atomic E-state index is 0.104. The molecule has 50 heavy (non-hydrogen) atoms. The van der Waals surface area contributed by atoms with Crippen LogP contribution in [0.4, 0.5) is 0 Å². The SMILES string of the molecule is CCCCCC=CCC=CCC=CCC=CCC=CCCC(=O)OC(CO)COC(=O)CCCCCCCCCC=CCC=CCCCCC. The molecule has 1 atom stereocenters. The average Bonchev–Trinajstić information content (AvgIpc) is 3.12. The van der Waals surface area contributed by atoms with Crippen LogP contribution < -0.4 is 0 Å². The molecule has 0 aromatic rings. The number of aliphatic hydroxyl groups excluding tert-OH is 1. The molecule has 5 heteroatoms. The summed E-state index contributed by atoms with van der Waals surface area (Å²) in [6.45, 7) is 4.00. The van der Waals surface area contributed by atoms with Gasteiger partial charge in [0.25, 0.3) is 0 Å². The topological polar surface area (TPSA) is 72.8 Å². The van der Waals surface area contributed by atoms with E-state index in [4.69, 9.17) is 9.47 Å². The van der Waals surface area contributed by atoms with Crippen LogP contribution >= 0.6 is 0 Å². The number of aliphatic hydroxyl groups is 1. The molecule has 0 fully saturated rings.